The maximum atomic E-state index is 12.6. The smallest absolute Gasteiger partial charge is 0.323 e. The number of anilines is 4. The van der Waals surface area contributed by atoms with Gasteiger partial charge >= 0.3 is 6.03 Å². The summed E-state index contributed by atoms with van der Waals surface area (Å²) in [4.78, 5) is 20.5. The minimum absolute atomic E-state index is 0. The first-order valence-electron chi connectivity index (χ1n) is 13.7. The van der Waals surface area contributed by atoms with E-state index < -0.39 is 0 Å². The number of carbonyl (C=O) groups is 1. The zero-order chi connectivity index (χ0) is 27.3. The molecule has 5 rings (SSSR count). The Bertz CT molecular complexity index is 1280. The summed E-state index contributed by atoms with van der Waals surface area (Å²) >= 11 is 0. The number of rotatable bonds is 4. The van der Waals surface area contributed by atoms with E-state index in [0.717, 1.165) is 60.4 Å². The lowest BCUT2D eigenvalue weighted by atomic mass is 10.1. The molecule has 2 aromatic carbocycles. The van der Waals surface area contributed by atoms with Crippen molar-refractivity contribution in [2.75, 3.05) is 47.1 Å². The average Bonchev–Trinajstić information content (AvgIpc) is 3.39. The molecule has 1 aromatic heterocycles. The van der Waals surface area contributed by atoms with Gasteiger partial charge in [0.1, 0.15) is 0 Å². The molecule has 2 aliphatic rings. The van der Waals surface area contributed by atoms with E-state index in [1.807, 2.05) is 62.5 Å². The highest BCUT2D eigenvalue weighted by Gasteiger charge is 2.21. The summed E-state index contributed by atoms with van der Waals surface area (Å²) in [6.45, 7) is 11.1. The van der Waals surface area contributed by atoms with Crippen LogP contribution in [-0.4, -0.2) is 37.7 Å². The molecule has 0 saturated heterocycles. The average molecular weight is 520 g/mol. The summed E-state index contributed by atoms with van der Waals surface area (Å²) < 4.78 is 0. The zero-order valence-electron chi connectivity index (χ0n) is 23.6. The molecule has 2 amide bonds. The third-order valence-corrected chi connectivity index (χ3v) is 6.28. The second-order valence-corrected chi connectivity index (χ2v) is 9.54. The minimum atomic E-state index is -0.250. The molecule has 6 heteroatoms. The van der Waals surface area contributed by atoms with Crippen molar-refractivity contribution in [2.45, 2.75) is 47.0 Å². The van der Waals surface area contributed by atoms with Gasteiger partial charge in [-0.2, -0.15) is 0 Å². The highest BCUT2D eigenvalue weighted by Crippen LogP contribution is 2.35. The van der Waals surface area contributed by atoms with E-state index in [9.17, 15) is 4.79 Å². The fourth-order valence-corrected chi connectivity index (χ4v) is 4.28. The van der Waals surface area contributed by atoms with Crippen molar-refractivity contribution >= 4 is 39.7 Å². The molecular formula is C32H49N5O. The Morgan fingerprint density at radius 1 is 0.974 bits per heavy atom. The summed E-state index contributed by atoms with van der Waals surface area (Å²) in [5, 5.41) is 7.03. The molecular weight excluding hydrogens is 470 g/mol. The second kappa shape index (κ2) is 14.7. The number of allylic oxidation sites excluding steroid dienone is 4. The molecule has 3 N–H and O–H groups in total. The maximum absolute atomic E-state index is 12.6. The van der Waals surface area contributed by atoms with E-state index in [0.29, 0.717) is 0 Å². The topological polar surface area (TPSA) is 63.4 Å². The first kappa shape index (κ1) is 28.6. The van der Waals surface area contributed by atoms with Gasteiger partial charge in [-0.15, -0.1) is 0 Å². The summed E-state index contributed by atoms with van der Waals surface area (Å²) in [7, 11) is 2.12. The lowest BCUT2D eigenvalue weighted by Crippen LogP contribution is -2.40. The normalized spacial score (nSPS) is 14.2. The number of aromatic amines is 1. The van der Waals surface area contributed by atoms with E-state index in [1.54, 1.807) is 0 Å². The van der Waals surface area contributed by atoms with Gasteiger partial charge in [0, 0.05) is 54.1 Å². The standard InChI is InChI=1S/C25H27N5O.C4H8.C3H8.3H2/c1-29-13-14-30(17-18-5-3-2-4-6-18)24-16-21(9-10-23(24)29)28-25(31)27-20-8-7-19-11-12-26-22(19)15-20;1-3-4-2;1-3-2;;;/h3,5-12,15-16,26H,2,4,13-14,17H2,1H3,(H2,27,28,31);3-4H,1-2H3;3H2,1-2H3;3*1H/b;4-3-;;;;. The number of amides is 2. The van der Waals surface area contributed by atoms with Crippen LogP contribution in [0.3, 0.4) is 0 Å². The fraction of sp³-hybridized carbons (Fsp3) is 0.344. The van der Waals surface area contributed by atoms with Crippen LogP contribution in [-0.2, 0) is 0 Å². The number of fused-ring (bicyclic) bond motifs is 2. The molecule has 1 aliphatic carbocycles. The largest absolute Gasteiger partial charge is 0.371 e. The van der Waals surface area contributed by atoms with Crippen LogP contribution in [0.5, 0.6) is 0 Å². The van der Waals surface area contributed by atoms with E-state index in [2.05, 4.69) is 76.7 Å². The van der Waals surface area contributed by atoms with Crippen LogP contribution < -0.4 is 20.4 Å². The number of nitrogens with one attached hydrogen (secondary N) is 3. The summed E-state index contributed by atoms with van der Waals surface area (Å²) in [5.74, 6) is 0. The minimum Gasteiger partial charge on any atom is -0.371 e. The predicted molar refractivity (Wildman–Crippen MR) is 172 cm³/mol. The van der Waals surface area contributed by atoms with E-state index >= 15 is 0 Å². The van der Waals surface area contributed by atoms with Crippen molar-refractivity contribution < 1.29 is 9.07 Å². The molecule has 0 bridgehead atoms. The van der Waals surface area contributed by atoms with Crippen molar-refractivity contribution in [2.24, 2.45) is 0 Å². The zero-order valence-corrected chi connectivity index (χ0v) is 23.6. The molecule has 1 aliphatic heterocycles. The third-order valence-electron chi connectivity index (χ3n) is 6.28. The Morgan fingerprint density at radius 3 is 2.37 bits per heavy atom. The van der Waals surface area contributed by atoms with Crippen molar-refractivity contribution in [3.63, 3.8) is 0 Å². The van der Waals surface area contributed by atoms with Gasteiger partial charge < -0.3 is 25.4 Å². The number of benzene rings is 2. The van der Waals surface area contributed by atoms with Crippen LogP contribution in [0, 0.1) is 0 Å². The summed E-state index contributed by atoms with van der Waals surface area (Å²) in [6, 6.07) is 13.7. The van der Waals surface area contributed by atoms with E-state index in [1.165, 1.54) is 17.7 Å². The Morgan fingerprint density at radius 2 is 1.68 bits per heavy atom. The van der Waals surface area contributed by atoms with Crippen LogP contribution in [0.4, 0.5) is 27.5 Å². The number of hydrogen-bond donors (Lipinski definition) is 3. The fourth-order valence-electron chi connectivity index (χ4n) is 4.28. The van der Waals surface area contributed by atoms with Crippen LogP contribution in [0.25, 0.3) is 10.9 Å². The van der Waals surface area contributed by atoms with Crippen molar-refractivity contribution in [1.82, 2.24) is 4.98 Å². The molecule has 0 saturated carbocycles. The number of carbonyl (C=O) groups excluding carboxylic acids is 1. The number of hydrogen-bond acceptors (Lipinski definition) is 3. The Labute approximate surface area is 232 Å². The van der Waals surface area contributed by atoms with Gasteiger partial charge in [-0.05, 0) is 74.0 Å². The van der Waals surface area contributed by atoms with Gasteiger partial charge in [0.15, 0.2) is 0 Å². The van der Waals surface area contributed by atoms with Crippen molar-refractivity contribution in [3.05, 3.63) is 84.6 Å². The maximum Gasteiger partial charge on any atom is 0.323 e. The van der Waals surface area contributed by atoms with Gasteiger partial charge in [0.25, 0.3) is 0 Å². The summed E-state index contributed by atoms with van der Waals surface area (Å²) in [5.41, 5.74) is 6.23. The number of likely N-dealkylation sites (N-methyl/N-ethyl adjacent to an activating group) is 1. The van der Waals surface area contributed by atoms with E-state index in [4.69, 9.17) is 0 Å². The van der Waals surface area contributed by atoms with Gasteiger partial charge in [-0.25, -0.2) is 4.79 Å². The second-order valence-electron chi connectivity index (χ2n) is 9.54. The molecule has 208 valence electrons. The molecule has 0 radical (unpaired) electrons. The third kappa shape index (κ3) is 8.04. The molecule has 0 unspecified atom stereocenters. The van der Waals surface area contributed by atoms with E-state index in [-0.39, 0.29) is 10.3 Å². The van der Waals surface area contributed by atoms with Crippen LogP contribution in [0.2, 0.25) is 0 Å². The Balaban J connectivity index is 0.00000145. The molecule has 3 aromatic rings. The number of nitrogens with zero attached hydrogens (tertiary/aromatic N) is 2. The van der Waals surface area contributed by atoms with Crippen molar-refractivity contribution in [3.8, 4) is 0 Å². The lowest BCUT2D eigenvalue weighted by molar-refractivity contribution is 0.262. The highest BCUT2D eigenvalue weighted by atomic mass is 16.2. The van der Waals surface area contributed by atoms with Gasteiger partial charge in [-0.1, -0.05) is 56.7 Å². The van der Waals surface area contributed by atoms with Crippen molar-refractivity contribution in [1.29, 1.82) is 0 Å². The van der Waals surface area contributed by atoms with Crippen LogP contribution in [0.15, 0.2) is 84.6 Å². The highest BCUT2D eigenvalue weighted by molar-refractivity contribution is 6.01. The van der Waals surface area contributed by atoms with Gasteiger partial charge in [0.2, 0.25) is 0 Å². The number of aromatic nitrogens is 1. The molecule has 2 heterocycles. The quantitative estimate of drug-likeness (QED) is 0.301. The lowest BCUT2D eigenvalue weighted by Gasteiger charge is -2.37. The van der Waals surface area contributed by atoms with Crippen LogP contribution >= 0.6 is 0 Å². The Hall–Kier alpha value is -3.93. The Kier molecular flexibility index (Phi) is 11.1. The summed E-state index contributed by atoms with van der Waals surface area (Å²) in [6.07, 6.45) is 16.2. The van der Waals surface area contributed by atoms with Crippen LogP contribution in [0.1, 0.15) is 51.2 Å². The SMILES string of the molecule is C/C=C\C.CCC.CN1CCN(CC2=CCCC=C2)c2cc(NC(=O)Nc3ccc4cc[nH]c4c3)ccc21.[HH].[HH].[HH]. The molecule has 0 fully saturated rings. The predicted octanol–water partition coefficient (Wildman–Crippen LogP) is 9.08. The molecule has 0 spiro atoms. The molecule has 38 heavy (non-hydrogen) atoms. The monoisotopic (exact) mass is 519 g/mol. The number of H-pyrrole nitrogens is 1. The van der Waals surface area contributed by atoms with Gasteiger partial charge in [-0.3, -0.25) is 0 Å². The molecule has 6 nitrogen and oxygen atoms in total. The first-order valence-corrected chi connectivity index (χ1v) is 13.7. The number of urea groups is 1. The first-order chi connectivity index (χ1) is 18.5. The molecule has 0 atom stereocenters. The van der Waals surface area contributed by atoms with Gasteiger partial charge in [0.05, 0.1) is 11.4 Å².